The molecular formula is C10H20OS. The lowest BCUT2D eigenvalue weighted by Gasteiger charge is -2.14. The van der Waals surface area contributed by atoms with Crippen LogP contribution < -0.4 is 0 Å². The first-order chi connectivity index (χ1) is 5.83. The van der Waals surface area contributed by atoms with Gasteiger partial charge in [-0.15, -0.1) is 0 Å². The van der Waals surface area contributed by atoms with Gasteiger partial charge in [0.2, 0.25) is 0 Å². The summed E-state index contributed by atoms with van der Waals surface area (Å²) in [6.07, 6.45) is 9.60. The quantitative estimate of drug-likeness (QED) is 0.716. The van der Waals surface area contributed by atoms with Crippen LogP contribution in [0.1, 0.15) is 38.5 Å². The van der Waals surface area contributed by atoms with Gasteiger partial charge in [0.1, 0.15) is 0 Å². The normalized spacial score (nSPS) is 21.5. The third-order valence-electron chi connectivity index (χ3n) is 2.74. The second-order valence-corrected chi connectivity index (χ2v) is 4.81. The monoisotopic (exact) mass is 188 g/mol. The lowest BCUT2D eigenvalue weighted by Crippen LogP contribution is -2.12. The van der Waals surface area contributed by atoms with Crippen LogP contribution in [0.2, 0.25) is 0 Å². The summed E-state index contributed by atoms with van der Waals surface area (Å²) in [5, 5.41) is 9.63. The second-order valence-electron chi connectivity index (χ2n) is 3.82. The molecule has 0 heterocycles. The fourth-order valence-corrected chi connectivity index (χ4v) is 2.51. The number of aliphatic hydroxyl groups is 1. The molecule has 0 aromatic heterocycles. The van der Waals surface area contributed by atoms with Gasteiger partial charge in [0.25, 0.3) is 0 Å². The summed E-state index contributed by atoms with van der Waals surface area (Å²) in [6.45, 7) is 0. The Kier molecular flexibility index (Phi) is 5.08. The third-order valence-corrected chi connectivity index (χ3v) is 3.38. The van der Waals surface area contributed by atoms with Gasteiger partial charge in [-0.2, -0.15) is 11.8 Å². The molecule has 1 N–H and O–H groups in total. The van der Waals surface area contributed by atoms with Crippen LogP contribution in [0.25, 0.3) is 0 Å². The van der Waals surface area contributed by atoms with Crippen molar-refractivity contribution < 1.29 is 5.11 Å². The summed E-state index contributed by atoms with van der Waals surface area (Å²) in [5.41, 5.74) is 0. The molecule has 0 amide bonds. The zero-order valence-electron chi connectivity index (χ0n) is 7.96. The molecule has 0 aliphatic heterocycles. The first-order valence-electron chi connectivity index (χ1n) is 5.00. The van der Waals surface area contributed by atoms with E-state index in [1.165, 1.54) is 25.7 Å². The number of hydrogen-bond acceptors (Lipinski definition) is 2. The van der Waals surface area contributed by atoms with Crippen molar-refractivity contribution in [3.8, 4) is 0 Å². The topological polar surface area (TPSA) is 20.2 Å². The van der Waals surface area contributed by atoms with Gasteiger partial charge in [-0.3, -0.25) is 0 Å². The van der Waals surface area contributed by atoms with Crippen molar-refractivity contribution in [2.24, 2.45) is 5.92 Å². The highest BCUT2D eigenvalue weighted by molar-refractivity contribution is 7.98. The molecule has 0 radical (unpaired) electrons. The van der Waals surface area contributed by atoms with Crippen LogP contribution in [-0.4, -0.2) is 23.2 Å². The molecule has 0 saturated heterocycles. The fraction of sp³-hybridized carbons (Fsp3) is 1.00. The molecule has 0 spiro atoms. The average Bonchev–Trinajstić information content (AvgIpc) is 2.53. The molecule has 1 aliphatic carbocycles. The predicted octanol–water partition coefficient (Wildman–Crippen LogP) is 2.68. The summed E-state index contributed by atoms with van der Waals surface area (Å²) in [7, 11) is 0. The molecule has 2 heteroatoms. The second kappa shape index (κ2) is 5.87. The Hall–Kier alpha value is 0.310. The highest BCUT2D eigenvalue weighted by Crippen LogP contribution is 2.29. The lowest BCUT2D eigenvalue weighted by atomic mass is 9.99. The summed E-state index contributed by atoms with van der Waals surface area (Å²) < 4.78 is 0. The first-order valence-corrected chi connectivity index (χ1v) is 6.39. The Balaban J connectivity index is 2.03. The van der Waals surface area contributed by atoms with E-state index >= 15 is 0 Å². The minimum absolute atomic E-state index is 0.0273. The molecule has 1 aliphatic rings. The SMILES string of the molecule is CSCCC(O)CC1CCCC1. The van der Waals surface area contributed by atoms with Crippen molar-refractivity contribution in [2.45, 2.75) is 44.6 Å². The number of thioether (sulfide) groups is 1. The van der Waals surface area contributed by atoms with E-state index in [1.807, 2.05) is 11.8 Å². The molecule has 1 atom stereocenters. The van der Waals surface area contributed by atoms with E-state index < -0.39 is 0 Å². The van der Waals surface area contributed by atoms with Gasteiger partial charge in [0, 0.05) is 0 Å². The van der Waals surface area contributed by atoms with E-state index in [4.69, 9.17) is 0 Å². The Morgan fingerprint density at radius 2 is 2.08 bits per heavy atom. The van der Waals surface area contributed by atoms with Gasteiger partial charge in [-0.1, -0.05) is 25.7 Å². The third kappa shape index (κ3) is 3.81. The standard InChI is InChI=1S/C10H20OS/c1-12-7-6-10(11)8-9-4-2-3-5-9/h9-11H,2-8H2,1H3. The van der Waals surface area contributed by atoms with Crippen LogP contribution >= 0.6 is 11.8 Å². The van der Waals surface area contributed by atoms with Gasteiger partial charge in [-0.25, -0.2) is 0 Å². The van der Waals surface area contributed by atoms with Crippen molar-refractivity contribution in [1.82, 2.24) is 0 Å². The van der Waals surface area contributed by atoms with Gasteiger partial charge in [0.05, 0.1) is 6.10 Å². The van der Waals surface area contributed by atoms with Crippen molar-refractivity contribution in [1.29, 1.82) is 0 Å². The van der Waals surface area contributed by atoms with Crippen LogP contribution in [0.5, 0.6) is 0 Å². The largest absolute Gasteiger partial charge is 0.393 e. The number of aliphatic hydroxyl groups excluding tert-OH is 1. The van der Waals surface area contributed by atoms with Crippen LogP contribution in [0.4, 0.5) is 0 Å². The summed E-state index contributed by atoms with van der Waals surface area (Å²) >= 11 is 1.83. The predicted molar refractivity (Wildman–Crippen MR) is 55.6 cm³/mol. The van der Waals surface area contributed by atoms with E-state index in [-0.39, 0.29) is 6.10 Å². The molecule has 72 valence electrons. The van der Waals surface area contributed by atoms with E-state index in [2.05, 4.69) is 6.26 Å². The zero-order valence-corrected chi connectivity index (χ0v) is 8.78. The van der Waals surface area contributed by atoms with Gasteiger partial charge in [-0.05, 0) is 30.8 Å². The molecule has 1 fully saturated rings. The maximum absolute atomic E-state index is 9.63. The molecule has 12 heavy (non-hydrogen) atoms. The minimum Gasteiger partial charge on any atom is -0.393 e. The van der Waals surface area contributed by atoms with Gasteiger partial charge < -0.3 is 5.11 Å². The Labute approximate surface area is 79.9 Å². The maximum atomic E-state index is 9.63. The molecule has 0 bridgehead atoms. The average molecular weight is 188 g/mol. The molecule has 1 saturated carbocycles. The Morgan fingerprint density at radius 3 is 2.67 bits per heavy atom. The van der Waals surface area contributed by atoms with Gasteiger partial charge >= 0.3 is 0 Å². The Bertz CT molecular complexity index is 110. The first kappa shape index (κ1) is 10.4. The molecule has 0 aromatic carbocycles. The molecule has 1 nitrogen and oxygen atoms in total. The smallest absolute Gasteiger partial charge is 0.0550 e. The zero-order chi connectivity index (χ0) is 8.81. The van der Waals surface area contributed by atoms with Crippen molar-refractivity contribution in [3.63, 3.8) is 0 Å². The van der Waals surface area contributed by atoms with Gasteiger partial charge in [0.15, 0.2) is 0 Å². The number of rotatable bonds is 5. The van der Waals surface area contributed by atoms with Crippen molar-refractivity contribution in [3.05, 3.63) is 0 Å². The molecule has 1 unspecified atom stereocenters. The van der Waals surface area contributed by atoms with Crippen molar-refractivity contribution >= 4 is 11.8 Å². The van der Waals surface area contributed by atoms with Crippen molar-refractivity contribution in [2.75, 3.05) is 12.0 Å². The minimum atomic E-state index is -0.0273. The van der Waals surface area contributed by atoms with Crippen LogP contribution in [0.3, 0.4) is 0 Å². The molecule has 0 aromatic rings. The summed E-state index contributed by atoms with van der Waals surface area (Å²) in [6, 6.07) is 0. The highest BCUT2D eigenvalue weighted by Gasteiger charge is 2.18. The van der Waals surface area contributed by atoms with Crippen LogP contribution in [0, 0.1) is 5.92 Å². The maximum Gasteiger partial charge on any atom is 0.0550 e. The van der Waals surface area contributed by atoms with E-state index in [0.29, 0.717) is 0 Å². The summed E-state index contributed by atoms with van der Waals surface area (Å²) in [4.78, 5) is 0. The van der Waals surface area contributed by atoms with E-state index in [1.54, 1.807) is 0 Å². The number of hydrogen-bond donors (Lipinski definition) is 1. The van der Waals surface area contributed by atoms with E-state index in [9.17, 15) is 5.11 Å². The Morgan fingerprint density at radius 1 is 1.42 bits per heavy atom. The molecular weight excluding hydrogens is 168 g/mol. The summed E-state index contributed by atoms with van der Waals surface area (Å²) in [5.74, 6) is 1.94. The fourth-order valence-electron chi connectivity index (χ4n) is 2.00. The van der Waals surface area contributed by atoms with Crippen LogP contribution in [0.15, 0.2) is 0 Å². The van der Waals surface area contributed by atoms with Crippen LogP contribution in [-0.2, 0) is 0 Å². The molecule has 1 rings (SSSR count). The lowest BCUT2D eigenvalue weighted by molar-refractivity contribution is 0.140. The highest BCUT2D eigenvalue weighted by atomic mass is 32.2. The van der Waals surface area contributed by atoms with E-state index in [0.717, 1.165) is 24.5 Å².